The van der Waals surface area contributed by atoms with Gasteiger partial charge in [0.05, 0.1) is 39.0 Å². The third-order valence-corrected chi connectivity index (χ3v) is 7.83. The maximum atomic E-state index is 14.6. The first-order valence-electron chi connectivity index (χ1n) is 14.0. The lowest BCUT2D eigenvalue weighted by atomic mass is 9.97. The van der Waals surface area contributed by atoms with E-state index >= 15 is 0 Å². The topological polar surface area (TPSA) is 122 Å². The van der Waals surface area contributed by atoms with Gasteiger partial charge in [-0.3, -0.25) is 4.57 Å². The fourth-order valence-corrected chi connectivity index (χ4v) is 4.92. The Bertz CT molecular complexity index is 1270. The van der Waals surface area contributed by atoms with E-state index in [9.17, 15) is 23.1 Å². The minimum Gasteiger partial charge on any atom is -0.372 e. The van der Waals surface area contributed by atoms with Crippen LogP contribution in [0, 0.1) is 0 Å². The fraction of sp³-hybridized carbons (Fsp3) is 0.419. The van der Waals surface area contributed by atoms with Gasteiger partial charge in [-0.2, -0.15) is 8.78 Å². The van der Waals surface area contributed by atoms with Gasteiger partial charge in [-0.05, 0) is 16.7 Å². The molecule has 13 heteroatoms. The molecule has 1 aliphatic rings. The molecule has 1 heterocycles. The number of benzene rings is 3. The molecule has 10 nitrogen and oxygen atoms in total. The van der Waals surface area contributed by atoms with E-state index in [1.807, 2.05) is 91.0 Å². The Morgan fingerprint density at radius 1 is 0.682 bits per heavy atom. The summed E-state index contributed by atoms with van der Waals surface area (Å²) >= 11 is 0. The standard InChI is InChI=1S/C31H37F2O10P/c32-31(33,44(34,35)36)16-27-29(42-22-38-18-25-12-6-2-7-13-25)30(43-23-39-19-26-14-8-3-9-15-26)28(20-40-27)41-21-37-17-24-10-4-1-5-11-24/h1-15,27-30H,16-23H2,(H2,34,35,36)/t27-,28+,29-,30+/m1/s1. The summed E-state index contributed by atoms with van der Waals surface area (Å²) in [5.74, 6) is 0. The van der Waals surface area contributed by atoms with E-state index in [2.05, 4.69) is 0 Å². The average molecular weight is 639 g/mol. The first-order chi connectivity index (χ1) is 21.2. The van der Waals surface area contributed by atoms with E-state index in [4.69, 9.17) is 33.2 Å². The Morgan fingerprint density at radius 3 is 1.52 bits per heavy atom. The molecule has 0 aliphatic carbocycles. The predicted octanol–water partition coefficient (Wildman–Crippen LogP) is 5.22. The second kappa shape index (κ2) is 17.2. The maximum absolute atomic E-state index is 14.6. The van der Waals surface area contributed by atoms with E-state index in [1.54, 1.807) is 0 Å². The lowest BCUT2D eigenvalue weighted by Crippen LogP contribution is -2.57. The van der Waals surface area contributed by atoms with Crippen molar-refractivity contribution in [3.63, 3.8) is 0 Å². The number of ether oxygens (including phenoxy) is 7. The molecule has 4 rings (SSSR count). The van der Waals surface area contributed by atoms with E-state index in [1.165, 1.54) is 0 Å². The van der Waals surface area contributed by atoms with E-state index in [-0.39, 0.29) is 46.8 Å². The average Bonchev–Trinajstić information content (AvgIpc) is 3.02. The summed E-state index contributed by atoms with van der Waals surface area (Å²) < 4.78 is 81.1. The second-order valence-corrected chi connectivity index (χ2v) is 11.9. The van der Waals surface area contributed by atoms with Crippen molar-refractivity contribution in [3.8, 4) is 0 Å². The van der Waals surface area contributed by atoms with Gasteiger partial charge in [0.25, 0.3) is 0 Å². The number of rotatable bonds is 18. The zero-order valence-corrected chi connectivity index (χ0v) is 24.9. The molecule has 44 heavy (non-hydrogen) atoms. The van der Waals surface area contributed by atoms with Gasteiger partial charge in [-0.1, -0.05) is 91.0 Å². The minimum atomic E-state index is -5.80. The molecule has 0 saturated carbocycles. The van der Waals surface area contributed by atoms with Gasteiger partial charge in [-0.25, -0.2) is 0 Å². The molecule has 1 fully saturated rings. The molecule has 0 amide bonds. The maximum Gasteiger partial charge on any atom is 0.394 e. The molecule has 1 saturated heterocycles. The second-order valence-electron chi connectivity index (χ2n) is 10.1. The van der Waals surface area contributed by atoms with Crippen LogP contribution in [0.15, 0.2) is 91.0 Å². The first-order valence-corrected chi connectivity index (χ1v) is 15.6. The van der Waals surface area contributed by atoms with E-state index in [0.717, 1.165) is 16.7 Å². The summed E-state index contributed by atoms with van der Waals surface area (Å²) in [6.45, 7) is -0.333. The highest BCUT2D eigenvalue weighted by Gasteiger charge is 2.54. The minimum absolute atomic E-state index is 0.172. The molecule has 0 aromatic heterocycles. The van der Waals surface area contributed by atoms with Crippen LogP contribution in [0.4, 0.5) is 8.78 Å². The van der Waals surface area contributed by atoms with Crippen molar-refractivity contribution in [2.75, 3.05) is 27.0 Å². The normalized spacial score (nSPS) is 20.9. The van der Waals surface area contributed by atoms with Crippen LogP contribution in [0.5, 0.6) is 0 Å². The zero-order chi connectivity index (χ0) is 31.3. The van der Waals surface area contributed by atoms with Crippen molar-refractivity contribution < 1.29 is 56.3 Å². The van der Waals surface area contributed by atoms with Crippen molar-refractivity contribution >= 4 is 7.60 Å². The molecule has 0 radical (unpaired) electrons. The highest BCUT2D eigenvalue weighted by atomic mass is 31.2. The van der Waals surface area contributed by atoms with Crippen molar-refractivity contribution in [3.05, 3.63) is 108 Å². The Hall–Kier alpha value is -2.61. The van der Waals surface area contributed by atoms with Gasteiger partial charge in [0.2, 0.25) is 0 Å². The number of hydrogen-bond donors (Lipinski definition) is 2. The summed E-state index contributed by atoms with van der Waals surface area (Å²) in [4.78, 5) is 18.6. The summed E-state index contributed by atoms with van der Waals surface area (Å²) in [7, 11) is -5.80. The van der Waals surface area contributed by atoms with Crippen LogP contribution in [0.25, 0.3) is 0 Å². The van der Waals surface area contributed by atoms with E-state index < -0.39 is 44.1 Å². The molecule has 0 unspecified atom stereocenters. The Labute approximate surface area is 254 Å². The molecule has 3 aromatic carbocycles. The third-order valence-electron chi connectivity index (χ3n) is 6.79. The van der Waals surface area contributed by atoms with Crippen LogP contribution in [-0.4, -0.2) is 66.9 Å². The predicted molar refractivity (Wildman–Crippen MR) is 154 cm³/mol. The van der Waals surface area contributed by atoms with Crippen LogP contribution < -0.4 is 0 Å². The van der Waals surface area contributed by atoms with Crippen LogP contribution in [-0.2, 0) is 57.5 Å². The molecular weight excluding hydrogens is 601 g/mol. The van der Waals surface area contributed by atoms with Crippen molar-refractivity contribution in [2.45, 2.75) is 56.3 Å². The fourth-order valence-electron chi connectivity index (χ4n) is 4.50. The van der Waals surface area contributed by atoms with Gasteiger partial charge in [-0.15, -0.1) is 0 Å². The summed E-state index contributed by atoms with van der Waals surface area (Å²) in [5.41, 5.74) is -1.69. The van der Waals surface area contributed by atoms with Gasteiger partial charge < -0.3 is 42.9 Å². The highest BCUT2D eigenvalue weighted by molar-refractivity contribution is 7.53. The van der Waals surface area contributed by atoms with Crippen molar-refractivity contribution in [1.29, 1.82) is 0 Å². The number of hydrogen-bond acceptors (Lipinski definition) is 8. The quantitative estimate of drug-likeness (QED) is 0.109. The molecule has 0 spiro atoms. The molecule has 4 atom stereocenters. The van der Waals surface area contributed by atoms with Gasteiger partial charge >= 0.3 is 13.3 Å². The monoisotopic (exact) mass is 638 g/mol. The molecule has 2 N–H and O–H groups in total. The Kier molecular flexibility index (Phi) is 13.4. The van der Waals surface area contributed by atoms with Crippen LogP contribution >= 0.6 is 7.60 Å². The molecule has 0 bridgehead atoms. The van der Waals surface area contributed by atoms with Crippen molar-refractivity contribution in [2.24, 2.45) is 0 Å². The largest absolute Gasteiger partial charge is 0.394 e. The summed E-state index contributed by atoms with van der Waals surface area (Å²) in [6, 6.07) is 28.0. The van der Waals surface area contributed by atoms with Crippen LogP contribution in [0.3, 0.4) is 0 Å². The molecule has 3 aromatic rings. The van der Waals surface area contributed by atoms with Crippen molar-refractivity contribution in [1.82, 2.24) is 0 Å². The van der Waals surface area contributed by atoms with Gasteiger partial charge in [0.1, 0.15) is 38.7 Å². The SMILES string of the molecule is O=P(O)(O)C(F)(F)C[C@H]1OC[C@H](OCOCc2ccccc2)[C@H](OCOCc2ccccc2)[C@@H]1OCOCc1ccccc1. The Balaban J connectivity index is 1.45. The van der Waals surface area contributed by atoms with Crippen LogP contribution in [0.2, 0.25) is 0 Å². The number of halogens is 2. The van der Waals surface area contributed by atoms with Gasteiger partial charge in [0, 0.05) is 0 Å². The third kappa shape index (κ3) is 10.8. The molecule has 240 valence electrons. The zero-order valence-electron chi connectivity index (χ0n) is 24.0. The lowest BCUT2D eigenvalue weighted by molar-refractivity contribution is -0.280. The van der Waals surface area contributed by atoms with E-state index in [0.29, 0.717) is 0 Å². The smallest absolute Gasteiger partial charge is 0.372 e. The lowest BCUT2D eigenvalue weighted by Gasteiger charge is -2.42. The first kappa shape index (κ1) is 34.3. The summed E-state index contributed by atoms with van der Waals surface area (Å²) in [5, 5.41) is 0. The summed E-state index contributed by atoms with van der Waals surface area (Å²) in [6.07, 6.45) is -5.95. The van der Waals surface area contributed by atoms with Crippen LogP contribution in [0.1, 0.15) is 23.1 Å². The molecular formula is C31H37F2O10P. The van der Waals surface area contributed by atoms with Gasteiger partial charge in [0.15, 0.2) is 0 Å². The highest BCUT2D eigenvalue weighted by Crippen LogP contribution is 2.56. The molecule has 1 aliphatic heterocycles. The Morgan fingerprint density at radius 2 is 1.09 bits per heavy atom. The number of alkyl halides is 2.